The van der Waals surface area contributed by atoms with Crippen LogP contribution in [-0.2, 0) is 16.1 Å². The molecule has 1 aromatic rings. The fraction of sp³-hybridized carbons (Fsp3) is 0.571. The molecule has 0 aromatic heterocycles. The average molecular weight is 369 g/mol. The van der Waals surface area contributed by atoms with E-state index < -0.39 is 0 Å². The van der Waals surface area contributed by atoms with Crippen LogP contribution in [0.15, 0.2) is 24.3 Å². The minimum Gasteiger partial charge on any atom is -0.353 e. The molecule has 0 unspecified atom stereocenters. The molecule has 3 atom stereocenters. The van der Waals surface area contributed by atoms with Crippen molar-refractivity contribution < 1.29 is 14.4 Å². The van der Waals surface area contributed by atoms with E-state index in [-0.39, 0.29) is 24.3 Å². The van der Waals surface area contributed by atoms with Crippen molar-refractivity contribution in [3.05, 3.63) is 35.4 Å². The number of rotatable bonds is 5. The molecule has 2 N–H and O–H groups in total. The highest BCUT2D eigenvalue weighted by Crippen LogP contribution is 2.49. The largest absolute Gasteiger partial charge is 0.353 e. The third-order valence-corrected chi connectivity index (χ3v) is 6.35. The Morgan fingerprint density at radius 1 is 1.15 bits per heavy atom. The second-order valence-electron chi connectivity index (χ2n) is 8.19. The summed E-state index contributed by atoms with van der Waals surface area (Å²) >= 11 is 0. The zero-order chi connectivity index (χ0) is 18.8. The maximum Gasteiger partial charge on any atom is 0.254 e. The van der Waals surface area contributed by atoms with Crippen molar-refractivity contribution in [1.82, 2.24) is 15.5 Å². The standard InChI is InChI=1S/C21H27N3O3/c25-19(11-18-10-15-3-6-17(18)9-15)23-12-14-1-4-16(5-2-14)21(27)24-8-7-22-20(26)13-24/h1-2,4-5,15,17-18H,3,6-13H2,(H,22,26)(H,23,25)/t15-,17-,18+/m0/s1. The fourth-order valence-electron chi connectivity index (χ4n) is 4.90. The van der Waals surface area contributed by atoms with Gasteiger partial charge in [0.2, 0.25) is 11.8 Å². The summed E-state index contributed by atoms with van der Waals surface area (Å²) in [4.78, 5) is 37.7. The van der Waals surface area contributed by atoms with Crippen LogP contribution in [0, 0.1) is 17.8 Å². The summed E-state index contributed by atoms with van der Waals surface area (Å²) < 4.78 is 0. The molecule has 2 saturated carbocycles. The lowest BCUT2D eigenvalue weighted by Crippen LogP contribution is -2.49. The second kappa shape index (κ2) is 7.71. The first-order valence-electron chi connectivity index (χ1n) is 10.00. The Morgan fingerprint density at radius 3 is 2.63 bits per heavy atom. The fourth-order valence-corrected chi connectivity index (χ4v) is 4.90. The van der Waals surface area contributed by atoms with Crippen LogP contribution in [0.25, 0.3) is 0 Å². The third-order valence-electron chi connectivity index (χ3n) is 6.35. The maximum absolute atomic E-state index is 12.5. The molecule has 1 heterocycles. The molecule has 4 rings (SSSR count). The van der Waals surface area contributed by atoms with Crippen LogP contribution in [0.3, 0.4) is 0 Å². The quantitative estimate of drug-likeness (QED) is 0.829. The van der Waals surface area contributed by atoms with Gasteiger partial charge in [-0.25, -0.2) is 0 Å². The van der Waals surface area contributed by atoms with E-state index in [1.807, 2.05) is 12.1 Å². The van der Waals surface area contributed by atoms with Gasteiger partial charge in [0.15, 0.2) is 0 Å². The van der Waals surface area contributed by atoms with Gasteiger partial charge in [-0.05, 0) is 54.7 Å². The van der Waals surface area contributed by atoms with Crippen LogP contribution in [0.1, 0.15) is 48.0 Å². The van der Waals surface area contributed by atoms with Gasteiger partial charge >= 0.3 is 0 Å². The highest BCUT2D eigenvalue weighted by molar-refractivity contribution is 5.97. The van der Waals surface area contributed by atoms with E-state index in [1.165, 1.54) is 25.7 Å². The predicted molar refractivity (Wildman–Crippen MR) is 101 cm³/mol. The van der Waals surface area contributed by atoms with Gasteiger partial charge in [0.25, 0.3) is 5.91 Å². The van der Waals surface area contributed by atoms with Gasteiger partial charge in [-0.15, -0.1) is 0 Å². The van der Waals surface area contributed by atoms with Crippen molar-refractivity contribution >= 4 is 17.7 Å². The van der Waals surface area contributed by atoms with Crippen molar-refractivity contribution in [2.24, 2.45) is 17.8 Å². The van der Waals surface area contributed by atoms with Crippen molar-refractivity contribution in [1.29, 1.82) is 0 Å². The van der Waals surface area contributed by atoms with Crippen LogP contribution >= 0.6 is 0 Å². The lowest BCUT2D eigenvalue weighted by atomic mass is 9.86. The topological polar surface area (TPSA) is 78.5 Å². The minimum absolute atomic E-state index is 0.111. The highest BCUT2D eigenvalue weighted by Gasteiger charge is 2.40. The molecule has 2 bridgehead atoms. The number of piperazine rings is 1. The number of nitrogens with one attached hydrogen (secondary N) is 2. The molecule has 0 spiro atoms. The number of carbonyl (C=O) groups is 3. The summed E-state index contributed by atoms with van der Waals surface area (Å²) in [6.07, 6.45) is 5.86. The average Bonchev–Trinajstić information content (AvgIpc) is 3.29. The van der Waals surface area contributed by atoms with Gasteiger partial charge in [0, 0.05) is 31.6 Å². The molecule has 1 aromatic carbocycles. The molecule has 6 nitrogen and oxygen atoms in total. The highest BCUT2D eigenvalue weighted by atomic mass is 16.2. The molecular weight excluding hydrogens is 342 g/mol. The molecule has 1 aliphatic heterocycles. The smallest absolute Gasteiger partial charge is 0.254 e. The molecule has 144 valence electrons. The van der Waals surface area contributed by atoms with Crippen LogP contribution in [-0.4, -0.2) is 42.3 Å². The number of benzene rings is 1. The lowest BCUT2D eigenvalue weighted by molar-refractivity contribution is -0.123. The van der Waals surface area contributed by atoms with Gasteiger partial charge < -0.3 is 15.5 Å². The Balaban J connectivity index is 1.26. The Morgan fingerprint density at radius 2 is 1.96 bits per heavy atom. The Kier molecular flexibility index (Phi) is 5.14. The first-order chi connectivity index (χ1) is 13.1. The van der Waals surface area contributed by atoms with E-state index in [1.54, 1.807) is 17.0 Å². The van der Waals surface area contributed by atoms with Gasteiger partial charge in [-0.3, -0.25) is 14.4 Å². The first-order valence-corrected chi connectivity index (χ1v) is 10.00. The lowest BCUT2D eigenvalue weighted by Gasteiger charge is -2.26. The van der Waals surface area contributed by atoms with Crippen molar-refractivity contribution in [2.45, 2.75) is 38.6 Å². The number of carbonyl (C=O) groups excluding carboxylic acids is 3. The van der Waals surface area contributed by atoms with Crippen LogP contribution < -0.4 is 10.6 Å². The van der Waals surface area contributed by atoms with Crippen LogP contribution in [0.5, 0.6) is 0 Å². The van der Waals surface area contributed by atoms with E-state index >= 15 is 0 Å². The van der Waals surface area contributed by atoms with Crippen molar-refractivity contribution in [3.8, 4) is 0 Å². The van der Waals surface area contributed by atoms with Gasteiger partial charge in [-0.2, -0.15) is 0 Å². The van der Waals surface area contributed by atoms with E-state index in [2.05, 4.69) is 10.6 Å². The summed E-state index contributed by atoms with van der Waals surface area (Å²) in [5.41, 5.74) is 1.55. The summed E-state index contributed by atoms with van der Waals surface area (Å²) in [5, 5.41) is 5.73. The summed E-state index contributed by atoms with van der Waals surface area (Å²) in [5.74, 6) is 2.09. The molecule has 2 aliphatic carbocycles. The zero-order valence-corrected chi connectivity index (χ0v) is 15.6. The molecule has 6 heteroatoms. The number of amides is 3. The SMILES string of the molecule is O=C(C[C@H]1C[C@H]2CC[C@H]1C2)NCc1ccc(C(=O)N2CCNC(=O)C2)cc1. The van der Waals surface area contributed by atoms with Crippen molar-refractivity contribution in [2.75, 3.05) is 19.6 Å². The van der Waals surface area contributed by atoms with Crippen LogP contribution in [0.2, 0.25) is 0 Å². The molecular formula is C21H27N3O3. The monoisotopic (exact) mass is 369 g/mol. The number of hydrogen-bond acceptors (Lipinski definition) is 3. The molecule has 1 saturated heterocycles. The van der Waals surface area contributed by atoms with E-state index in [4.69, 9.17) is 0 Å². The Bertz CT molecular complexity index is 731. The molecule has 3 fully saturated rings. The van der Waals surface area contributed by atoms with Crippen molar-refractivity contribution in [3.63, 3.8) is 0 Å². The van der Waals surface area contributed by atoms with Crippen LogP contribution in [0.4, 0.5) is 0 Å². The Labute approximate surface area is 159 Å². The summed E-state index contributed by atoms with van der Waals surface area (Å²) in [7, 11) is 0. The van der Waals surface area contributed by atoms with E-state index in [9.17, 15) is 14.4 Å². The minimum atomic E-state index is -0.128. The number of hydrogen-bond donors (Lipinski definition) is 2. The molecule has 3 amide bonds. The predicted octanol–water partition coefficient (Wildman–Crippen LogP) is 1.70. The van der Waals surface area contributed by atoms with E-state index in [0.29, 0.717) is 37.5 Å². The normalized spacial score (nSPS) is 26.7. The first kappa shape index (κ1) is 18.0. The summed E-state index contributed by atoms with van der Waals surface area (Å²) in [6.45, 7) is 1.63. The maximum atomic E-state index is 12.5. The Hall–Kier alpha value is -2.37. The molecule has 3 aliphatic rings. The summed E-state index contributed by atoms with van der Waals surface area (Å²) in [6, 6.07) is 7.28. The molecule has 27 heavy (non-hydrogen) atoms. The second-order valence-corrected chi connectivity index (χ2v) is 8.19. The van der Waals surface area contributed by atoms with Gasteiger partial charge in [-0.1, -0.05) is 18.6 Å². The van der Waals surface area contributed by atoms with E-state index in [0.717, 1.165) is 17.4 Å². The number of nitrogens with zero attached hydrogens (tertiary/aromatic N) is 1. The van der Waals surface area contributed by atoms with Gasteiger partial charge in [0.1, 0.15) is 0 Å². The number of fused-ring (bicyclic) bond motifs is 2. The van der Waals surface area contributed by atoms with Gasteiger partial charge in [0.05, 0.1) is 6.54 Å². The molecule has 0 radical (unpaired) electrons. The zero-order valence-electron chi connectivity index (χ0n) is 15.6. The third kappa shape index (κ3) is 4.15.